The summed E-state index contributed by atoms with van der Waals surface area (Å²) in [5, 5.41) is 0. The van der Waals surface area contributed by atoms with Crippen molar-refractivity contribution in [3.05, 3.63) is 36.5 Å². The fraction of sp³-hybridized carbons (Fsp3) is 0.697. The molecule has 0 bridgehead atoms. The number of hydrogen-bond acceptors (Lipinski definition) is 9. The van der Waals surface area contributed by atoms with Crippen LogP contribution in [-0.2, 0) is 42.9 Å². The molecule has 2 aliphatic carbocycles. The smallest absolute Gasteiger partial charge is 0.309 e. The van der Waals surface area contributed by atoms with E-state index in [4.69, 9.17) is 23.7 Å². The Kier molecular flexibility index (Phi) is 10.8. The Morgan fingerprint density at radius 3 is 2.31 bits per heavy atom. The lowest BCUT2D eigenvalue weighted by Crippen LogP contribution is -2.64. The second-order valence-corrected chi connectivity index (χ2v) is 12.4. The predicted molar refractivity (Wildman–Crippen MR) is 155 cm³/mol. The highest BCUT2D eigenvalue weighted by molar-refractivity contribution is 5.72. The molecule has 234 valence electrons. The zero-order chi connectivity index (χ0) is 31.4. The van der Waals surface area contributed by atoms with E-state index in [1.54, 1.807) is 12.2 Å². The van der Waals surface area contributed by atoms with Gasteiger partial charge in [-0.15, -0.1) is 0 Å². The van der Waals surface area contributed by atoms with E-state index in [-0.39, 0.29) is 36.1 Å². The van der Waals surface area contributed by atoms with Crippen LogP contribution in [0.15, 0.2) is 36.5 Å². The van der Waals surface area contributed by atoms with Gasteiger partial charge >= 0.3 is 23.9 Å². The molecule has 1 spiro atoms. The molecule has 1 saturated heterocycles. The minimum atomic E-state index is -1.22. The van der Waals surface area contributed by atoms with Crippen molar-refractivity contribution in [1.29, 1.82) is 0 Å². The highest BCUT2D eigenvalue weighted by atomic mass is 16.8. The molecule has 3 unspecified atom stereocenters. The third-order valence-corrected chi connectivity index (χ3v) is 9.65. The first kappa shape index (κ1) is 33.6. The van der Waals surface area contributed by atoms with Crippen LogP contribution in [-0.4, -0.2) is 48.7 Å². The van der Waals surface area contributed by atoms with Gasteiger partial charge in [-0.25, -0.2) is 0 Å². The molecule has 0 aromatic heterocycles. The summed E-state index contributed by atoms with van der Waals surface area (Å²) in [5.74, 6) is -2.49. The molecule has 0 aromatic carbocycles. The highest BCUT2D eigenvalue weighted by Gasteiger charge is 2.72. The van der Waals surface area contributed by atoms with E-state index in [0.717, 1.165) is 5.57 Å². The first-order valence-corrected chi connectivity index (χ1v) is 15.2. The minimum Gasteiger partial charge on any atom is -0.461 e. The van der Waals surface area contributed by atoms with Crippen molar-refractivity contribution in [2.24, 2.45) is 28.6 Å². The number of rotatable bonds is 12. The third kappa shape index (κ3) is 6.51. The van der Waals surface area contributed by atoms with Crippen LogP contribution in [0.4, 0.5) is 0 Å². The van der Waals surface area contributed by atoms with Crippen LogP contribution in [0.2, 0.25) is 0 Å². The average Bonchev–Trinajstić information content (AvgIpc) is 3.21. The van der Waals surface area contributed by atoms with E-state index >= 15 is 0 Å². The van der Waals surface area contributed by atoms with Gasteiger partial charge in [0, 0.05) is 25.8 Å². The van der Waals surface area contributed by atoms with Crippen LogP contribution in [0.25, 0.3) is 0 Å². The predicted octanol–water partition coefficient (Wildman–Crippen LogP) is 5.97. The molecule has 0 aromatic rings. The monoisotopic (exact) mass is 588 g/mol. The maximum atomic E-state index is 13.0. The van der Waals surface area contributed by atoms with Crippen LogP contribution >= 0.6 is 0 Å². The lowest BCUT2D eigenvalue weighted by molar-refractivity contribution is -0.258. The van der Waals surface area contributed by atoms with E-state index in [9.17, 15) is 19.2 Å². The number of esters is 4. The Bertz CT molecular complexity index is 1110. The Labute approximate surface area is 250 Å². The van der Waals surface area contributed by atoms with Gasteiger partial charge in [-0.05, 0) is 61.9 Å². The zero-order valence-corrected chi connectivity index (χ0v) is 26.2. The largest absolute Gasteiger partial charge is 0.461 e. The van der Waals surface area contributed by atoms with Gasteiger partial charge in [0.15, 0.2) is 0 Å². The van der Waals surface area contributed by atoms with E-state index < -0.39 is 47.6 Å². The number of carbonyl (C=O) groups is 4. The van der Waals surface area contributed by atoms with Gasteiger partial charge in [0.05, 0.1) is 5.92 Å². The topological polar surface area (TPSA) is 114 Å². The molecule has 1 heterocycles. The molecule has 0 amide bonds. The van der Waals surface area contributed by atoms with E-state index in [1.807, 2.05) is 20.8 Å². The number of ether oxygens (including phenoxy) is 5. The maximum absolute atomic E-state index is 13.0. The lowest BCUT2D eigenvalue weighted by atomic mass is 9.45. The Morgan fingerprint density at radius 1 is 1.07 bits per heavy atom. The van der Waals surface area contributed by atoms with Gasteiger partial charge in [-0.1, -0.05) is 59.4 Å². The molecule has 3 aliphatic rings. The van der Waals surface area contributed by atoms with Gasteiger partial charge in [0.25, 0.3) is 0 Å². The summed E-state index contributed by atoms with van der Waals surface area (Å²) in [5.41, 5.74) is -0.229. The summed E-state index contributed by atoms with van der Waals surface area (Å²) < 4.78 is 30.0. The lowest BCUT2D eigenvalue weighted by Gasteiger charge is -2.61. The molecule has 9 nitrogen and oxygen atoms in total. The first-order chi connectivity index (χ1) is 19.7. The third-order valence-electron chi connectivity index (χ3n) is 9.65. The molecule has 0 N–H and O–H groups in total. The van der Waals surface area contributed by atoms with Gasteiger partial charge in [-0.3, -0.25) is 23.9 Å². The molecule has 1 aliphatic heterocycles. The van der Waals surface area contributed by atoms with E-state index in [2.05, 4.69) is 27.0 Å². The fourth-order valence-electron chi connectivity index (χ4n) is 6.98. The molecular formula is C33H48O9. The SMILES string of the molecule is C=CC(=C)CC[C@@]1(C)[C@@H](C)CC(OC(=O)CCC)C23C(=C[C@@H](OC(=O)C(C)CC)C[C@@H]21)[C@H](OC(C)=O)O[C@@H]3OC(C)=O. The van der Waals surface area contributed by atoms with Gasteiger partial charge in [0.1, 0.15) is 17.6 Å². The first-order valence-electron chi connectivity index (χ1n) is 15.2. The molecular weight excluding hydrogens is 540 g/mol. The quantitative estimate of drug-likeness (QED) is 0.118. The summed E-state index contributed by atoms with van der Waals surface area (Å²) in [6.45, 7) is 20.5. The fourth-order valence-corrected chi connectivity index (χ4v) is 6.98. The van der Waals surface area contributed by atoms with Crippen molar-refractivity contribution in [2.45, 2.75) is 118 Å². The van der Waals surface area contributed by atoms with Crippen LogP contribution in [0, 0.1) is 28.6 Å². The van der Waals surface area contributed by atoms with Crippen LogP contribution < -0.4 is 0 Å². The summed E-state index contributed by atoms with van der Waals surface area (Å²) in [7, 11) is 0. The summed E-state index contributed by atoms with van der Waals surface area (Å²) in [6.07, 6.45) is 3.35. The average molecular weight is 589 g/mol. The second kappa shape index (κ2) is 13.6. The summed E-state index contributed by atoms with van der Waals surface area (Å²) in [4.78, 5) is 50.8. The van der Waals surface area contributed by atoms with Crippen LogP contribution in [0.3, 0.4) is 0 Å². The summed E-state index contributed by atoms with van der Waals surface area (Å²) in [6, 6.07) is 0. The normalized spacial score (nSPS) is 34.1. The van der Waals surface area contributed by atoms with Gasteiger partial charge < -0.3 is 18.9 Å². The molecule has 3 rings (SSSR count). The van der Waals surface area contributed by atoms with Crippen LogP contribution in [0.5, 0.6) is 0 Å². The Morgan fingerprint density at radius 2 is 1.74 bits per heavy atom. The molecule has 1 saturated carbocycles. The van der Waals surface area contributed by atoms with Crippen LogP contribution in [0.1, 0.15) is 93.4 Å². The van der Waals surface area contributed by atoms with Crippen molar-refractivity contribution in [1.82, 2.24) is 0 Å². The van der Waals surface area contributed by atoms with E-state index in [1.165, 1.54) is 13.8 Å². The van der Waals surface area contributed by atoms with Crippen molar-refractivity contribution >= 4 is 23.9 Å². The standard InChI is InChI=1S/C33H48O9/c1-10-13-28(36)41-27-16-21(6)32(9,15-14-19(4)11-2)26-18-24(40-29(37)20(5)12-3)17-25-30(38-22(7)34)42-31(33(25,26)27)39-23(8)35/h11,17,20-21,24,26-27,30-31H,2,4,10,12-16,18H2,1,3,5-9H3/t20?,21-,24+,26+,27?,30+,31-,32-,33?/m0/s1. The Hall–Kier alpha value is -2.94. The number of hydrogen-bond donors (Lipinski definition) is 0. The molecule has 42 heavy (non-hydrogen) atoms. The zero-order valence-electron chi connectivity index (χ0n) is 26.2. The van der Waals surface area contributed by atoms with Crippen molar-refractivity contribution in [3.63, 3.8) is 0 Å². The molecule has 0 radical (unpaired) electrons. The van der Waals surface area contributed by atoms with Crippen molar-refractivity contribution in [2.75, 3.05) is 0 Å². The molecule has 9 atom stereocenters. The highest BCUT2D eigenvalue weighted by Crippen LogP contribution is 2.68. The van der Waals surface area contributed by atoms with Crippen molar-refractivity contribution < 1.29 is 42.9 Å². The summed E-state index contributed by atoms with van der Waals surface area (Å²) >= 11 is 0. The number of allylic oxidation sites excluding steroid dienone is 2. The number of carbonyl (C=O) groups excluding carboxylic acids is 4. The minimum absolute atomic E-state index is 0.0428. The van der Waals surface area contributed by atoms with E-state index in [0.29, 0.717) is 44.1 Å². The van der Waals surface area contributed by atoms with Gasteiger partial charge in [0.2, 0.25) is 12.6 Å². The van der Waals surface area contributed by atoms with Crippen molar-refractivity contribution in [3.8, 4) is 0 Å². The second-order valence-electron chi connectivity index (χ2n) is 12.4. The molecule has 2 fully saturated rings. The molecule has 9 heteroatoms. The Balaban J connectivity index is 2.28. The maximum Gasteiger partial charge on any atom is 0.309 e. The van der Waals surface area contributed by atoms with Gasteiger partial charge in [-0.2, -0.15) is 0 Å².